The van der Waals surface area contributed by atoms with Gasteiger partial charge in [0.1, 0.15) is 0 Å². The van der Waals surface area contributed by atoms with Crippen LogP contribution in [0.25, 0.3) is 5.69 Å². The van der Waals surface area contributed by atoms with Gasteiger partial charge in [-0.1, -0.05) is 18.2 Å². The molecule has 8 nitrogen and oxygen atoms in total. The third-order valence-electron chi connectivity index (χ3n) is 5.78. The van der Waals surface area contributed by atoms with Crippen LogP contribution in [0.4, 0.5) is 0 Å². The largest absolute Gasteiger partial charge is 0.454 e. The van der Waals surface area contributed by atoms with Crippen molar-refractivity contribution in [1.29, 1.82) is 0 Å². The number of sulfonamides is 1. The summed E-state index contributed by atoms with van der Waals surface area (Å²) >= 11 is 0. The number of hydrogen-bond donors (Lipinski definition) is 0. The number of rotatable bonds is 7. The first kappa shape index (κ1) is 23.9. The smallest absolute Gasteiger partial charge is 0.340 e. The van der Waals surface area contributed by atoms with E-state index in [0.29, 0.717) is 31.9 Å². The van der Waals surface area contributed by atoms with E-state index in [0.717, 1.165) is 17.1 Å². The van der Waals surface area contributed by atoms with Gasteiger partial charge < -0.3 is 14.0 Å². The Morgan fingerprint density at radius 1 is 0.971 bits per heavy atom. The number of carbonyl (C=O) groups is 2. The number of aryl methyl sites for hydroxylation is 1. The normalized spacial score (nSPS) is 14.6. The van der Waals surface area contributed by atoms with Crippen molar-refractivity contribution in [3.8, 4) is 5.69 Å². The molecule has 3 aromatic rings. The predicted octanol–water partition coefficient (Wildman–Crippen LogP) is 3.15. The lowest BCUT2D eigenvalue weighted by Gasteiger charge is -2.26. The van der Waals surface area contributed by atoms with E-state index in [9.17, 15) is 18.0 Å². The Hall–Kier alpha value is -3.27. The van der Waals surface area contributed by atoms with Gasteiger partial charge in [-0.2, -0.15) is 4.31 Å². The summed E-state index contributed by atoms with van der Waals surface area (Å²) in [6, 6.07) is 17.0. The van der Waals surface area contributed by atoms with Crippen LogP contribution in [-0.4, -0.2) is 62.0 Å². The van der Waals surface area contributed by atoms with Gasteiger partial charge in [0.2, 0.25) is 10.0 Å². The van der Waals surface area contributed by atoms with Crippen molar-refractivity contribution in [3.63, 3.8) is 0 Å². The highest BCUT2D eigenvalue weighted by Gasteiger charge is 2.26. The Labute approximate surface area is 198 Å². The Kier molecular flexibility index (Phi) is 6.97. The number of benzene rings is 2. The fraction of sp³-hybridized carbons (Fsp3) is 0.280. The molecule has 1 aromatic heterocycles. The molecule has 178 valence electrons. The second-order valence-electron chi connectivity index (χ2n) is 8.00. The molecule has 0 spiro atoms. The summed E-state index contributed by atoms with van der Waals surface area (Å²) in [4.78, 5) is 25.3. The molecule has 1 saturated heterocycles. The Morgan fingerprint density at radius 2 is 1.62 bits per heavy atom. The van der Waals surface area contributed by atoms with Crippen LogP contribution in [0, 0.1) is 13.8 Å². The van der Waals surface area contributed by atoms with Crippen LogP contribution < -0.4 is 0 Å². The predicted molar refractivity (Wildman–Crippen MR) is 126 cm³/mol. The van der Waals surface area contributed by atoms with E-state index >= 15 is 0 Å². The summed E-state index contributed by atoms with van der Waals surface area (Å²) in [7, 11) is -3.64. The van der Waals surface area contributed by atoms with E-state index in [4.69, 9.17) is 9.47 Å². The van der Waals surface area contributed by atoms with Crippen LogP contribution in [0.5, 0.6) is 0 Å². The minimum atomic E-state index is -3.64. The fourth-order valence-corrected chi connectivity index (χ4v) is 5.39. The molecule has 9 heteroatoms. The summed E-state index contributed by atoms with van der Waals surface area (Å²) in [5.41, 5.74) is 3.18. The van der Waals surface area contributed by atoms with Crippen molar-refractivity contribution in [2.45, 2.75) is 18.7 Å². The molecule has 4 rings (SSSR count). The molecule has 0 aliphatic carbocycles. The maximum Gasteiger partial charge on any atom is 0.340 e. The van der Waals surface area contributed by atoms with Crippen molar-refractivity contribution >= 4 is 21.8 Å². The van der Waals surface area contributed by atoms with E-state index in [1.165, 1.54) is 28.6 Å². The van der Waals surface area contributed by atoms with Crippen molar-refractivity contribution in [2.75, 3.05) is 32.9 Å². The highest BCUT2D eigenvalue weighted by Crippen LogP contribution is 2.22. The van der Waals surface area contributed by atoms with Gasteiger partial charge >= 0.3 is 5.97 Å². The number of ether oxygens (including phenoxy) is 2. The molecule has 0 atom stereocenters. The van der Waals surface area contributed by atoms with Gasteiger partial charge in [0.25, 0.3) is 0 Å². The topological polar surface area (TPSA) is 94.9 Å². The SMILES string of the molecule is Cc1cc(C(=O)OCC(=O)c2ccc(S(=O)(=O)N3CCOCC3)cc2)c(C)n1-c1ccccc1. The Bertz CT molecular complexity index is 1290. The molecule has 0 radical (unpaired) electrons. The average molecular weight is 483 g/mol. The average Bonchev–Trinajstić information content (AvgIpc) is 3.17. The van der Waals surface area contributed by atoms with Gasteiger partial charge in [-0.3, -0.25) is 4.79 Å². The standard InChI is InChI=1S/C25H26N2O6S/c1-18-16-23(19(2)27(18)21-6-4-3-5-7-21)25(29)33-17-24(28)20-8-10-22(11-9-20)34(30,31)26-12-14-32-15-13-26/h3-11,16H,12-15,17H2,1-2H3. The number of Topliss-reactive ketones (excluding diaryl/α,β-unsaturated/α-hetero) is 1. The first-order valence-corrected chi connectivity index (χ1v) is 12.4. The highest BCUT2D eigenvalue weighted by atomic mass is 32.2. The van der Waals surface area contributed by atoms with Gasteiger partial charge in [0.15, 0.2) is 12.4 Å². The lowest BCUT2D eigenvalue weighted by Crippen LogP contribution is -2.40. The lowest BCUT2D eigenvalue weighted by atomic mass is 10.1. The summed E-state index contributed by atoms with van der Waals surface area (Å²) in [6.07, 6.45) is 0. The molecule has 0 bridgehead atoms. The summed E-state index contributed by atoms with van der Waals surface area (Å²) < 4.78 is 39.2. The van der Waals surface area contributed by atoms with Gasteiger partial charge in [0.05, 0.1) is 23.7 Å². The third-order valence-corrected chi connectivity index (χ3v) is 7.70. The molecule has 1 fully saturated rings. The highest BCUT2D eigenvalue weighted by molar-refractivity contribution is 7.89. The van der Waals surface area contributed by atoms with E-state index < -0.39 is 28.4 Å². The van der Waals surface area contributed by atoms with E-state index in [1.807, 2.05) is 48.7 Å². The Morgan fingerprint density at radius 3 is 2.26 bits per heavy atom. The van der Waals surface area contributed by atoms with Crippen LogP contribution in [0.2, 0.25) is 0 Å². The number of esters is 1. The van der Waals surface area contributed by atoms with Crippen molar-refractivity contribution in [2.24, 2.45) is 0 Å². The molecule has 0 saturated carbocycles. The molecule has 2 heterocycles. The van der Waals surface area contributed by atoms with Gasteiger partial charge in [0, 0.05) is 35.7 Å². The third kappa shape index (κ3) is 4.82. The number of para-hydroxylation sites is 1. The quantitative estimate of drug-likeness (QED) is 0.379. The van der Waals surface area contributed by atoms with Crippen molar-refractivity contribution in [1.82, 2.24) is 8.87 Å². The number of ketones is 1. The minimum Gasteiger partial charge on any atom is -0.454 e. The number of hydrogen-bond acceptors (Lipinski definition) is 6. The Balaban J connectivity index is 1.42. The molecule has 1 aliphatic heterocycles. The molecule has 0 unspecified atom stereocenters. The number of morpholine rings is 1. The fourth-order valence-electron chi connectivity index (χ4n) is 3.98. The summed E-state index contributed by atoms with van der Waals surface area (Å²) in [5.74, 6) is -1.00. The molecule has 34 heavy (non-hydrogen) atoms. The number of carbonyl (C=O) groups excluding carboxylic acids is 2. The first-order chi connectivity index (χ1) is 16.3. The maximum atomic E-state index is 12.7. The zero-order valence-corrected chi connectivity index (χ0v) is 19.9. The summed E-state index contributed by atoms with van der Waals surface area (Å²) in [5, 5.41) is 0. The van der Waals surface area contributed by atoms with Crippen LogP contribution in [-0.2, 0) is 19.5 Å². The molecule has 0 amide bonds. The van der Waals surface area contributed by atoms with E-state index in [2.05, 4.69) is 0 Å². The van der Waals surface area contributed by atoms with Crippen LogP contribution in [0.15, 0.2) is 65.6 Å². The minimum absolute atomic E-state index is 0.108. The maximum absolute atomic E-state index is 12.7. The van der Waals surface area contributed by atoms with Crippen LogP contribution >= 0.6 is 0 Å². The van der Waals surface area contributed by atoms with Crippen LogP contribution in [0.1, 0.15) is 32.1 Å². The lowest BCUT2D eigenvalue weighted by molar-refractivity contribution is 0.0474. The van der Waals surface area contributed by atoms with Crippen molar-refractivity contribution < 1.29 is 27.5 Å². The first-order valence-electron chi connectivity index (χ1n) is 10.9. The van der Waals surface area contributed by atoms with E-state index in [1.54, 1.807) is 6.07 Å². The monoisotopic (exact) mass is 482 g/mol. The second kappa shape index (κ2) is 9.92. The number of nitrogens with zero attached hydrogens (tertiary/aromatic N) is 2. The zero-order valence-electron chi connectivity index (χ0n) is 19.1. The van der Waals surface area contributed by atoms with Crippen molar-refractivity contribution in [3.05, 3.63) is 83.2 Å². The van der Waals surface area contributed by atoms with Gasteiger partial charge in [-0.25, -0.2) is 13.2 Å². The van der Waals surface area contributed by atoms with Gasteiger partial charge in [-0.05, 0) is 56.3 Å². The zero-order chi connectivity index (χ0) is 24.3. The van der Waals surface area contributed by atoms with E-state index in [-0.39, 0.29) is 10.5 Å². The second-order valence-corrected chi connectivity index (χ2v) is 9.93. The van der Waals surface area contributed by atoms with Crippen LogP contribution in [0.3, 0.4) is 0 Å². The van der Waals surface area contributed by atoms with Gasteiger partial charge in [-0.15, -0.1) is 0 Å². The summed E-state index contributed by atoms with van der Waals surface area (Å²) in [6.45, 7) is 4.58. The molecule has 0 N–H and O–H groups in total. The number of aromatic nitrogens is 1. The molecular formula is C25H26N2O6S. The molecular weight excluding hydrogens is 456 g/mol. The molecule has 1 aliphatic rings. The molecule has 2 aromatic carbocycles.